The summed E-state index contributed by atoms with van der Waals surface area (Å²) in [4.78, 5) is 6.57. The lowest BCUT2D eigenvalue weighted by Crippen LogP contribution is -2.42. The van der Waals surface area contributed by atoms with Crippen molar-refractivity contribution in [3.05, 3.63) is 57.7 Å². The Kier molecular flexibility index (Phi) is 4.37. The quantitative estimate of drug-likeness (QED) is 0.771. The van der Waals surface area contributed by atoms with Crippen molar-refractivity contribution in [2.45, 2.75) is 18.3 Å². The smallest absolute Gasteiger partial charge is 0.147 e. The molecule has 0 bridgehead atoms. The molecule has 1 fully saturated rings. The molecule has 2 aromatic rings. The van der Waals surface area contributed by atoms with Crippen molar-refractivity contribution in [2.75, 3.05) is 18.0 Å². The summed E-state index contributed by atoms with van der Waals surface area (Å²) in [5.74, 6) is 0.796. The summed E-state index contributed by atoms with van der Waals surface area (Å²) >= 11 is 9.66. The molecule has 3 nitrogen and oxygen atoms in total. The van der Waals surface area contributed by atoms with Gasteiger partial charge in [0.05, 0.1) is 16.5 Å². The van der Waals surface area contributed by atoms with E-state index in [-0.39, 0.29) is 0 Å². The molecule has 0 N–H and O–H groups in total. The number of nitriles is 1. The zero-order valence-electron chi connectivity index (χ0n) is 12.0. The number of pyridine rings is 1. The van der Waals surface area contributed by atoms with Crippen molar-refractivity contribution in [1.82, 2.24) is 4.98 Å². The van der Waals surface area contributed by atoms with E-state index in [1.807, 2.05) is 36.4 Å². The molecule has 3 rings (SSSR count). The highest BCUT2D eigenvalue weighted by molar-refractivity contribution is 9.10. The summed E-state index contributed by atoms with van der Waals surface area (Å²) in [6.07, 6.45) is 3.31. The number of rotatable bonds is 2. The SMILES string of the molecule is N#CC1(c2ccccc2)CCN(c2ncc(Br)cc2Cl)CC1. The Hall–Kier alpha value is -1.57. The molecule has 2 heterocycles. The lowest BCUT2D eigenvalue weighted by molar-refractivity contribution is 0.414. The molecular weight excluding hydrogens is 362 g/mol. The summed E-state index contributed by atoms with van der Waals surface area (Å²) in [5, 5.41) is 10.4. The second-order valence-corrected chi connectivity index (χ2v) is 6.83. The average molecular weight is 377 g/mol. The van der Waals surface area contributed by atoms with Gasteiger partial charge in [0.1, 0.15) is 5.82 Å². The zero-order chi connectivity index (χ0) is 15.6. The van der Waals surface area contributed by atoms with Gasteiger partial charge in [-0.1, -0.05) is 41.9 Å². The van der Waals surface area contributed by atoms with Gasteiger partial charge in [0.2, 0.25) is 0 Å². The Morgan fingerprint density at radius 1 is 1.23 bits per heavy atom. The standard InChI is InChI=1S/C17H15BrClN3/c18-14-10-15(19)16(21-11-14)22-8-6-17(12-20,7-9-22)13-4-2-1-3-5-13/h1-5,10-11H,6-9H2. The number of anilines is 1. The first-order chi connectivity index (χ1) is 10.6. The summed E-state index contributed by atoms with van der Waals surface area (Å²) in [7, 11) is 0. The number of benzene rings is 1. The van der Waals surface area contributed by atoms with Crippen LogP contribution in [0.3, 0.4) is 0 Å². The van der Waals surface area contributed by atoms with Crippen LogP contribution in [-0.4, -0.2) is 18.1 Å². The van der Waals surface area contributed by atoms with E-state index in [0.29, 0.717) is 5.02 Å². The van der Waals surface area contributed by atoms with Crippen molar-refractivity contribution in [1.29, 1.82) is 5.26 Å². The van der Waals surface area contributed by atoms with Gasteiger partial charge in [-0.15, -0.1) is 0 Å². The molecule has 0 saturated carbocycles. The number of halogens is 2. The molecule has 1 aliphatic rings. The molecule has 0 atom stereocenters. The maximum absolute atomic E-state index is 9.73. The molecule has 0 radical (unpaired) electrons. The second-order valence-electron chi connectivity index (χ2n) is 5.51. The van der Waals surface area contributed by atoms with Gasteiger partial charge in [-0.25, -0.2) is 4.98 Å². The molecule has 0 unspecified atom stereocenters. The van der Waals surface area contributed by atoms with Gasteiger partial charge in [-0.2, -0.15) is 5.26 Å². The molecule has 1 aromatic heterocycles. The summed E-state index contributed by atoms with van der Waals surface area (Å²) < 4.78 is 0.869. The van der Waals surface area contributed by atoms with Crippen molar-refractivity contribution < 1.29 is 0 Å². The first kappa shape index (κ1) is 15.3. The average Bonchev–Trinajstić information content (AvgIpc) is 2.56. The third-order valence-corrected chi connectivity index (χ3v) is 4.96. The zero-order valence-corrected chi connectivity index (χ0v) is 14.3. The minimum atomic E-state index is -0.403. The number of nitrogens with zero attached hydrogens (tertiary/aromatic N) is 3. The van der Waals surface area contributed by atoms with E-state index in [1.54, 1.807) is 6.20 Å². The van der Waals surface area contributed by atoms with Gasteiger partial charge >= 0.3 is 0 Å². The summed E-state index contributed by atoms with van der Waals surface area (Å²) in [6, 6.07) is 14.5. The summed E-state index contributed by atoms with van der Waals surface area (Å²) in [5.41, 5.74) is 0.701. The van der Waals surface area contributed by atoms with E-state index in [4.69, 9.17) is 11.6 Å². The highest BCUT2D eigenvalue weighted by Crippen LogP contribution is 2.37. The fraction of sp³-hybridized carbons (Fsp3) is 0.294. The molecule has 1 saturated heterocycles. The molecule has 112 valence electrons. The van der Waals surface area contributed by atoms with Crippen LogP contribution >= 0.6 is 27.5 Å². The predicted molar refractivity (Wildman–Crippen MR) is 92.1 cm³/mol. The first-order valence-electron chi connectivity index (χ1n) is 7.17. The molecule has 0 spiro atoms. The van der Waals surface area contributed by atoms with Crippen molar-refractivity contribution in [3.63, 3.8) is 0 Å². The molecule has 22 heavy (non-hydrogen) atoms. The Labute approximate surface area is 143 Å². The van der Waals surface area contributed by atoms with Crippen LogP contribution in [0, 0.1) is 11.3 Å². The molecule has 0 amide bonds. The van der Waals surface area contributed by atoms with Crippen LogP contribution in [0.4, 0.5) is 5.82 Å². The van der Waals surface area contributed by atoms with Gasteiger partial charge in [-0.05, 0) is 40.4 Å². The Balaban J connectivity index is 1.81. The number of hydrogen-bond donors (Lipinski definition) is 0. The van der Waals surface area contributed by atoms with Crippen LogP contribution in [-0.2, 0) is 5.41 Å². The molecule has 1 aliphatic heterocycles. The fourth-order valence-corrected chi connectivity index (χ4v) is 3.71. The molecule has 1 aromatic carbocycles. The Morgan fingerprint density at radius 2 is 1.91 bits per heavy atom. The largest absolute Gasteiger partial charge is 0.355 e. The van der Waals surface area contributed by atoms with Crippen LogP contribution in [0.1, 0.15) is 18.4 Å². The van der Waals surface area contributed by atoms with E-state index in [0.717, 1.165) is 41.8 Å². The lowest BCUT2D eigenvalue weighted by atomic mass is 9.74. The molecular formula is C17H15BrClN3. The van der Waals surface area contributed by atoms with E-state index in [1.165, 1.54) is 0 Å². The van der Waals surface area contributed by atoms with Crippen molar-refractivity contribution in [2.24, 2.45) is 0 Å². The Bertz CT molecular complexity index is 704. The minimum absolute atomic E-state index is 0.403. The van der Waals surface area contributed by atoms with E-state index in [2.05, 4.69) is 31.9 Å². The minimum Gasteiger partial charge on any atom is -0.355 e. The van der Waals surface area contributed by atoms with E-state index >= 15 is 0 Å². The number of hydrogen-bond acceptors (Lipinski definition) is 3. The van der Waals surface area contributed by atoms with E-state index < -0.39 is 5.41 Å². The fourth-order valence-electron chi connectivity index (χ4n) is 2.96. The Morgan fingerprint density at radius 3 is 2.50 bits per heavy atom. The van der Waals surface area contributed by atoms with Gasteiger partial charge in [0, 0.05) is 23.8 Å². The van der Waals surface area contributed by atoms with Crippen molar-refractivity contribution in [3.8, 4) is 6.07 Å². The van der Waals surface area contributed by atoms with E-state index in [9.17, 15) is 5.26 Å². The monoisotopic (exact) mass is 375 g/mol. The lowest BCUT2D eigenvalue weighted by Gasteiger charge is -2.38. The number of piperidine rings is 1. The van der Waals surface area contributed by atoms with Crippen LogP contribution in [0.15, 0.2) is 47.1 Å². The first-order valence-corrected chi connectivity index (χ1v) is 8.34. The van der Waals surface area contributed by atoms with Gasteiger partial charge in [0.25, 0.3) is 0 Å². The van der Waals surface area contributed by atoms with Crippen molar-refractivity contribution >= 4 is 33.3 Å². The van der Waals surface area contributed by atoms with Gasteiger partial charge < -0.3 is 4.90 Å². The van der Waals surface area contributed by atoms with Gasteiger partial charge in [-0.3, -0.25) is 0 Å². The normalized spacial score (nSPS) is 17.0. The predicted octanol–water partition coefficient (Wildman–Crippen LogP) is 4.56. The van der Waals surface area contributed by atoms with Crippen LogP contribution in [0.25, 0.3) is 0 Å². The maximum Gasteiger partial charge on any atom is 0.147 e. The summed E-state index contributed by atoms with van der Waals surface area (Å²) in [6.45, 7) is 1.55. The van der Waals surface area contributed by atoms with Crippen LogP contribution < -0.4 is 4.90 Å². The number of aromatic nitrogens is 1. The second kappa shape index (κ2) is 6.28. The van der Waals surface area contributed by atoms with Gasteiger partial charge in [0.15, 0.2) is 0 Å². The third kappa shape index (κ3) is 2.84. The molecule has 5 heteroatoms. The van der Waals surface area contributed by atoms with Crippen LogP contribution in [0.2, 0.25) is 5.02 Å². The third-order valence-electron chi connectivity index (χ3n) is 4.25. The molecule has 0 aliphatic carbocycles. The topological polar surface area (TPSA) is 39.9 Å². The highest BCUT2D eigenvalue weighted by Gasteiger charge is 2.37. The van der Waals surface area contributed by atoms with Crippen LogP contribution in [0.5, 0.6) is 0 Å². The highest BCUT2D eigenvalue weighted by atomic mass is 79.9. The maximum atomic E-state index is 9.73.